The normalized spacial score (nSPS) is 21.7. The summed E-state index contributed by atoms with van der Waals surface area (Å²) in [4.78, 5) is 2.59. The van der Waals surface area contributed by atoms with Crippen LogP contribution in [0.2, 0.25) is 0 Å². The van der Waals surface area contributed by atoms with Gasteiger partial charge >= 0.3 is 0 Å². The van der Waals surface area contributed by atoms with Gasteiger partial charge in [0.25, 0.3) is 0 Å². The minimum Gasteiger partial charge on any atom is -0.309 e. The Morgan fingerprint density at radius 2 is 1.83 bits per heavy atom. The third-order valence-corrected chi connectivity index (χ3v) is 4.93. The van der Waals surface area contributed by atoms with Gasteiger partial charge in [-0.3, -0.25) is 4.90 Å². The third-order valence-electron chi connectivity index (χ3n) is 4.93. The Hall–Kier alpha value is -0.860. The van der Waals surface area contributed by atoms with E-state index >= 15 is 0 Å². The van der Waals surface area contributed by atoms with Crippen molar-refractivity contribution < 1.29 is 0 Å². The molecule has 0 aromatic heterocycles. The smallest absolute Gasteiger partial charge is 0.0234 e. The number of likely N-dealkylation sites (tertiary alicyclic amines) is 1. The molecule has 0 saturated carbocycles. The van der Waals surface area contributed by atoms with Crippen LogP contribution in [-0.4, -0.2) is 18.0 Å². The first-order valence-corrected chi connectivity index (χ1v) is 7.28. The van der Waals surface area contributed by atoms with Gasteiger partial charge in [0.15, 0.2) is 0 Å². The lowest BCUT2D eigenvalue weighted by atomic mass is 9.75. The van der Waals surface area contributed by atoms with Gasteiger partial charge in [-0.05, 0) is 34.9 Å². The third kappa shape index (κ3) is 2.08. The molecule has 2 heteroatoms. The van der Waals surface area contributed by atoms with E-state index in [1.165, 1.54) is 42.6 Å². The molecule has 1 N–H and O–H groups in total. The van der Waals surface area contributed by atoms with E-state index in [0.29, 0.717) is 5.41 Å². The molecule has 1 aromatic carbocycles. The molecule has 0 bridgehead atoms. The van der Waals surface area contributed by atoms with E-state index in [1.54, 1.807) is 0 Å². The highest BCUT2D eigenvalue weighted by atomic mass is 15.2. The number of benzene rings is 1. The van der Waals surface area contributed by atoms with Crippen molar-refractivity contribution in [2.24, 2.45) is 5.41 Å². The zero-order chi connectivity index (χ0) is 12.6. The maximum Gasteiger partial charge on any atom is 0.0234 e. The number of fused-ring (bicyclic) bond motifs is 1. The van der Waals surface area contributed by atoms with Gasteiger partial charge in [0.05, 0.1) is 0 Å². The van der Waals surface area contributed by atoms with Gasteiger partial charge in [0, 0.05) is 32.7 Å². The van der Waals surface area contributed by atoms with E-state index < -0.39 is 0 Å². The van der Waals surface area contributed by atoms with Crippen LogP contribution >= 0.6 is 0 Å². The second-order valence-electron chi connectivity index (χ2n) is 6.06. The van der Waals surface area contributed by atoms with Crippen LogP contribution in [0.1, 0.15) is 43.4 Å². The van der Waals surface area contributed by atoms with Crippen molar-refractivity contribution in [3.8, 4) is 0 Å². The molecule has 98 valence electrons. The van der Waals surface area contributed by atoms with Crippen LogP contribution in [-0.2, 0) is 19.6 Å². The molecule has 0 unspecified atom stereocenters. The predicted octanol–water partition coefficient (Wildman–Crippen LogP) is 2.91. The lowest BCUT2D eigenvalue weighted by Crippen LogP contribution is -2.54. The highest BCUT2D eigenvalue weighted by molar-refractivity contribution is 5.34. The van der Waals surface area contributed by atoms with Gasteiger partial charge in [-0.1, -0.05) is 32.0 Å². The van der Waals surface area contributed by atoms with E-state index in [1.807, 2.05) is 0 Å². The summed E-state index contributed by atoms with van der Waals surface area (Å²) < 4.78 is 0. The summed E-state index contributed by atoms with van der Waals surface area (Å²) in [6.45, 7) is 10.5. The van der Waals surface area contributed by atoms with E-state index in [-0.39, 0.29) is 0 Å². The second kappa shape index (κ2) is 4.67. The summed E-state index contributed by atoms with van der Waals surface area (Å²) >= 11 is 0. The van der Waals surface area contributed by atoms with Crippen molar-refractivity contribution in [1.82, 2.24) is 10.2 Å². The zero-order valence-corrected chi connectivity index (χ0v) is 11.6. The van der Waals surface area contributed by atoms with Crippen LogP contribution in [0.4, 0.5) is 0 Å². The molecule has 0 amide bonds. The number of hydrogen-bond donors (Lipinski definition) is 1. The summed E-state index contributed by atoms with van der Waals surface area (Å²) in [5.74, 6) is 0. The average Bonchev–Trinajstić information content (AvgIpc) is 2.80. The van der Waals surface area contributed by atoms with E-state index in [9.17, 15) is 0 Å². The molecule has 2 nitrogen and oxygen atoms in total. The van der Waals surface area contributed by atoms with Crippen molar-refractivity contribution >= 4 is 0 Å². The van der Waals surface area contributed by atoms with Crippen LogP contribution in [0, 0.1) is 5.41 Å². The van der Waals surface area contributed by atoms with Crippen LogP contribution < -0.4 is 5.32 Å². The molecule has 2 aliphatic heterocycles. The molecule has 1 aromatic rings. The molecule has 0 spiro atoms. The molecule has 3 rings (SSSR count). The highest BCUT2D eigenvalue weighted by Gasteiger charge is 2.39. The summed E-state index contributed by atoms with van der Waals surface area (Å²) in [6.07, 6.45) is 2.65. The number of rotatable bonds is 4. The average molecular weight is 244 g/mol. The number of hydrogen-bond acceptors (Lipinski definition) is 2. The molecular formula is C16H24N2. The Labute approximate surface area is 110 Å². The predicted molar refractivity (Wildman–Crippen MR) is 75.3 cm³/mol. The topological polar surface area (TPSA) is 15.3 Å². The second-order valence-corrected chi connectivity index (χ2v) is 6.06. The molecule has 2 aliphatic rings. The van der Waals surface area contributed by atoms with Crippen molar-refractivity contribution in [1.29, 1.82) is 0 Å². The van der Waals surface area contributed by atoms with Crippen molar-refractivity contribution in [3.05, 3.63) is 34.9 Å². The summed E-state index contributed by atoms with van der Waals surface area (Å²) in [6, 6.07) is 7.01. The number of nitrogens with one attached hydrogen (secondary N) is 1. The molecular weight excluding hydrogens is 220 g/mol. The van der Waals surface area contributed by atoms with Gasteiger partial charge in [0.2, 0.25) is 0 Å². The fraction of sp³-hybridized carbons (Fsp3) is 0.625. The lowest BCUT2D eigenvalue weighted by molar-refractivity contribution is -0.0120. The molecule has 1 fully saturated rings. The van der Waals surface area contributed by atoms with Crippen molar-refractivity contribution in [3.63, 3.8) is 0 Å². The van der Waals surface area contributed by atoms with Crippen LogP contribution in [0.3, 0.4) is 0 Å². The van der Waals surface area contributed by atoms with Gasteiger partial charge in [-0.25, -0.2) is 0 Å². The first-order chi connectivity index (χ1) is 8.74. The fourth-order valence-electron chi connectivity index (χ4n) is 3.42. The van der Waals surface area contributed by atoms with Gasteiger partial charge in [0.1, 0.15) is 0 Å². The lowest BCUT2D eigenvalue weighted by Gasteiger charge is -2.50. The van der Waals surface area contributed by atoms with Gasteiger partial charge in [-0.15, -0.1) is 0 Å². The summed E-state index contributed by atoms with van der Waals surface area (Å²) in [5.41, 5.74) is 5.10. The minimum absolute atomic E-state index is 0.623. The molecule has 2 heterocycles. The van der Waals surface area contributed by atoms with E-state index in [2.05, 4.69) is 42.3 Å². The maximum absolute atomic E-state index is 3.41. The van der Waals surface area contributed by atoms with Gasteiger partial charge in [-0.2, -0.15) is 0 Å². The molecule has 1 saturated heterocycles. The number of nitrogens with zero attached hydrogens (tertiary/aromatic N) is 1. The first-order valence-electron chi connectivity index (χ1n) is 7.28. The van der Waals surface area contributed by atoms with E-state index in [4.69, 9.17) is 0 Å². The van der Waals surface area contributed by atoms with Crippen LogP contribution in [0.15, 0.2) is 18.2 Å². The van der Waals surface area contributed by atoms with E-state index in [0.717, 1.165) is 19.6 Å². The molecule has 0 atom stereocenters. The first kappa shape index (κ1) is 12.2. The Morgan fingerprint density at radius 3 is 2.56 bits per heavy atom. The highest BCUT2D eigenvalue weighted by Crippen LogP contribution is 2.37. The standard InChI is InChI=1S/C16H24N2/c1-3-16(4-2)11-18(12-16)10-13-5-6-14-8-17-9-15(14)7-13/h5-7,17H,3-4,8-12H2,1-2H3. The fourth-order valence-corrected chi connectivity index (χ4v) is 3.42. The Kier molecular flexibility index (Phi) is 3.16. The minimum atomic E-state index is 0.623. The summed E-state index contributed by atoms with van der Waals surface area (Å²) in [7, 11) is 0. The van der Waals surface area contributed by atoms with Crippen molar-refractivity contribution in [2.45, 2.75) is 46.3 Å². The quantitative estimate of drug-likeness (QED) is 0.876. The van der Waals surface area contributed by atoms with Crippen LogP contribution in [0.25, 0.3) is 0 Å². The van der Waals surface area contributed by atoms with Gasteiger partial charge < -0.3 is 5.32 Å². The zero-order valence-electron chi connectivity index (χ0n) is 11.6. The molecule has 0 radical (unpaired) electrons. The maximum atomic E-state index is 3.41. The largest absolute Gasteiger partial charge is 0.309 e. The van der Waals surface area contributed by atoms with Crippen LogP contribution in [0.5, 0.6) is 0 Å². The molecule has 18 heavy (non-hydrogen) atoms. The Bertz CT molecular complexity index is 427. The van der Waals surface area contributed by atoms with Crippen molar-refractivity contribution in [2.75, 3.05) is 13.1 Å². The SMILES string of the molecule is CCC1(CC)CN(Cc2ccc3c(c2)CNC3)C1. The Morgan fingerprint density at radius 1 is 1.11 bits per heavy atom. The molecule has 0 aliphatic carbocycles. The summed E-state index contributed by atoms with van der Waals surface area (Å²) in [5, 5.41) is 3.41. The Balaban J connectivity index is 1.62. The monoisotopic (exact) mass is 244 g/mol.